The number of hydrogen-bond donors (Lipinski definition) is 4. The molecule has 0 aliphatic heterocycles. The molecule has 88 valence electrons. The van der Waals surface area contributed by atoms with Gasteiger partial charge in [0.25, 0.3) is 5.91 Å². The lowest BCUT2D eigenvalue weighted by molar-refractivity contribution is -0.123. The third-order valence-electron chi connectivity index (χ3n) is 2.16. The molecule has 1 amide bonds. The number of nitrogens with two attached hydrogens (primary N) is 2. The van der Waals surface area contributed by atoms with Crippen LogP contribution in [0.5, 0.6) is 0 Å². The SMILES string of the molecule is NCC[C@H](N)C(=O)NNCc1ccccc1. The lowest BCUT2D eigenvalue weighted by atomic mass is 10.2. The van der Waals surface area contributed by atoms with Gasteiger partial charge in [-0.1, -0.05) is 30.3 Å². The van der Waals surface area contributed by atoms with Crippen LogP contribution in [-0.4, -0.2) is 18.5 Å². The third kappa shape index (κ3) is 4.39. The minimum Gasteiger partial charge on any atom is -0.330 e. The van der Waals surface area contributed by atoms with Crippen LogP contribution >= 0.6 is 0 Å². The second kappa shape index (κ2) is 6.95. The van der Waals surface area contributed by atoms with Crippen LogP contribution in [0.1, 0.15) is 12.0 Å². The first-order valence-corrected chi connectivity index (χ1v) is 5.26. The Morgan fingerprint density at radius 2 is 2.00 bits per heavy atom. The van der Waals surface area contributed by atoms with Crippen LogP contribution in [-0.2, 0) is 11.3 Å². The fourth-order valence-electron chi connectivity index (χ4n) is 1.23. The average Bonchev–Trinajstić information content (AvgIpc) is 2.30. The maximum absolute atomic E-state index is 11.4. The Bertz CT molecular complexity index is 315. The van der Waals surface area contributed by atoms with E-state index in [1.807, 2.05) is 30.3 Å². The van der Waals surface area contributed by atoms with E-state index < -0.39 is 6.04 Å². The Morgan fingerprint density at radius 3 is 2.62 bits per heavy atom. The van der Waals surface area contributed by atoms with Crippen molar-refractivity contribution in [1.82, 2.24) is 10.9 Å². The molecule has 0 unspecified atom stereocenters. The van der Waals surface area contributed by atoms with Gasteiger partial charge < -0.3 is 11.5 Å². The maximum atomic E-state index is 11.4. The summed E-state index contributed by atoms with van der Waals surface area (Å²) in [6.45, 7) is 0.981. The highest BCUT2D eigenvalue weighted by Gasteiger charge is 2.10. The number of carbonyl (C=O) groups is 1. The molecular formula is C11H18N4O. The molecule has 0 fully saturated rings. The van der Waals surface area contributed by atoms with E-state index in [2.05, 4.69) is 10.9 Å². The Labute approximate surface area is 95.2 Å². The van der Waals surface area contributed by atoms with Crippen LogP contribution in [0.4, 0.5) is 0 Å². The number of rotatable bonds is 6. The first kappa shape index (κ1) is 12.6. The number of nitrogens with one attached hydrogen (secondary N) is 2. The molecule has 5 nitrogen and oxygen atoms in total. The molecule has 0 saturated heterocycles. The van der Waals surface area contributed by atoms with Gasteiger partial charge in [0.1, 0.15) is 0 Å². The molecule has 6 N–H and O–H groups in total. The Balaban J connectivity index is 2.23. The second-order valence-electron chi connectivity index (χ2n) is 3.51. The first-order chi connectivity index (χ1) is 7.74. The summed E-state index contributed by atoms with van der Waals surface area (Å²) in [7, 11) is 0. The quantitative estimate of drug-likeness (QED) is 0.487. The van der Waals surface area contributed by atoms with Crippen molar-refractivity contribution in [2.75, 3.05) is 6.54 Å². The van der Waals surface area contributed by atoms with Crippen LogP contribution < -0.4 is 22.3 Å². The first-order valence-electron chi connectivity index (χ1n) is 5.26. The molecule has 0 bridgehead atoms. The molecule has 1 aromatic rings. The van der Waals surface area contributed by atoms with Gasteiger partial charge >= 0.3 is 0 Å². The number of amides is 1. The van der Waals surface area contributed by atoms with Gasteiger partial charge in [-0.25, -0.2) is 5.43 Å². The zero-order valence-electron chi connectivity index (χ0n) is 9.15. The van der Waals surface area contributed by atoms with Gasteiger partial charge in [0.15, 0.2) is 0 Å². The minimum absolute atomic E-state index is 0.235. The largest absolute Gasteiger partial charge is 0.330 e. The van der Waals surface area contributed by atoms with Crippen molar-refractivity contribution in [2.45, 2.75) is 19.0 Å². The van der Waals surface area contributed by atoms with Crippen molar-refractivity contribution in [1.29, 1.82) is 0 Å². The van der Waals surface area contributed by atoms with E-state index in [1.165, 1.54) is 0 Å². The van der Waals surface area contributed by atoms with E-state index in [0.29, 0.717) is 19.5 Å². The van der Waals surface area contributed by atoms with Gasteiger partial charge in [0.2, 0.25) is 0 Å². The van der Waals surface area contributed by atoms with Gasteiger partial charge in [-0.05, 0) is 18.5 Å². The van der Waals surface area contributed by atoms with Crippen LogP contribution in [0, 0.1) is 0 Å². The van der Waals surface area contributed by atoms with Gasteiger partial charge in [0, 0.05) is 6.54 Å². The second-order valence-corrected chi connectivity index (χ2v) is 3.51. The molecule has 0 heterocycles. The van der Waals surface area contributed by atoms with E-state index in [9.17, 15) is 4.79 Å². The summed E-state index contributed by atoms with van der Waals surface area (Å²) in [4.78, 5) is 11.4. The zero-order valence-corrected chi connectivity index (χ0v) is 9.15. The summed E-state index contributed by atoms with van der Waals surface area (Å²) in [5, 5.41) is 0. The van der Waals surface area contributed by atoms with Crippen molar-refractivity contribution in [2.24, 2.45) is 11.5 Å². The van der Waals surface area contributed by atoms with E-state index in [0.717, 1.165) is 5.56 Å². The summed E-state index contributed by atoms with van der Waals surface area (Å²) < 4.78 is 0. The molecule has 0 radical (unpaired) electrons. The highest BCUT2D eigenvalue weighted by atomic mass is 16.2. The van der Waals surface area contributed by atoms with E-state index in [-0.39, 0.29) is 5.91 Å². The molecule has 5 heteroatoms. The highest BCUT2D eigenvalue weighted by molar-refractivity contribution is 5.80. The van der Waals surface area contributed by atoms with Crippen LogP contribution in [0.2, 0.25) is 0 Å². The molecule has 1 aromatic carbocycles. The lowest BCUT2D eigenvalue weighted by Crippen LogP contribution is -2.47. The molecule has 0 aromatic heterocycles. The summed E-state index contributed by atoms with van der Waals surface area (Å²) in [6.07, 6.45) is 0.485. The van der Waals surface area contributed by atoms with Gasteiger partial charge in [-0.2, -0.15) is 0 Å². The Morgan fingerprint density at radius 1 is 1.31 bits per heavy atom. The van der Waals surface area contributed by atoms with Gasteiger partial charge in [-0.15, -0.1) is 0 Å². The number of hydrazine groups is 1. The lowest BCUT2D eigenvalue weighted by Gasteiger charge is -2.11. The third-order valence-corrected chi connectivity index (χ3v) is 2.16. The van der Waals surface area contributed by atoms with Gasteiger partial charge in [-0.3, -0.25) is 10.2 Å². The molecule has 0 spiro atoms. The predicted octanol–water partition coefficient (Wildman–Crippen LogP) is -0.516. The fraction of sp³-hybridized carbons (Fsp3) is 0.364. The van der Waals surface area contributed by atoms with Crippen LogP contribution in [0.3, 0.4) is 0 Å². The summed E-state index contributed by atoms with van der Waals surface area (Å²) in [6, 6.07) is 9.23. The zero-order chi connectivity index (χ0) is 11.8. The summed E-state index contributed by atoms with van der Waals surface area (Å²) in [5.41, 5.74) is 17.3. The van der Waals surface area contributed by atoms with Crippen LogP contribution in [0.25, 0.3) is 0 Å². The summed E-state index contributed by atoms with van der Waals surface area (Å²) >= 11 is 0. The number of hydrogen-bond acceptors (Lipinski definition) is 4. The van der Waals surface area contributed by atoms with Crippen LogP contribution in [0.15, 0.2) is 30.3 Å². The van der Waals surface area contributed by atoms with E-state index in [4.69, 9.17) is 11.5 Å². The molecular weight excluding hydrogens is 204 g/mol. The van der Waals surface area contributed by atoms with Crippen molar-refractivity contribution in [3.8, 4) is 0 Å². The van der Waals surface area contributed by atoms with Gasteiger partial charge in [0.05, 0.1) is 6.04 Å². The molecule has 0 aliphatic carbocycles. The molecule has 0 aliphatic rings. The van der Waals surface area contributed by atoms with E-state index in [1.54, 1.807) is 0 Å². The molecule has 1 rings (SSSR count). The fourth-order valence-corrected chi connectivity index (χ4v) is 1.23. The minimum atomic E-state index is -0.548. The van der Waals surface area contributed by atoms with Crippen molar-refractivity contribution >= 4 is 5.91 Å². The molecule has 0 saturated carbocycles. The standard InChI is InChI=1S/C11H18N4O/c12-7-6-10(13)11(16)15-14-8-9-4-2-1-3-5-9/h1-5,10,14H,6-8,12-13H2,(H,15,16)/t10-/m0/s1. The van der Waals surface area contributed by atoms with Crippen molar-refractivity contribution in [3.63, 3.8) is 0 Å². The summed E-state index contributed by atoms with van der Waals surface area (Å²) in [5.74, 6) is -0.235. The topological polar surface area (TPSA) is 93.2 Å². The molecule has 16 heavy (non-hydrogen) atoms. The maximum Gasteiger partial charge on any atom is 0.251 e. The highest BCUT2D eigenvalue weighted by Crippen LogP contribution is 1.96. The van der Waals surface area contributed by atoms with E-state index >= 15 is 0 Å². The Kier molecular flexibility index (Phi) is 5.49. The monoisotopic (exact) mass is 222 g/mol. The molecule has 1 atom stereocenters. The van der Waals surface area contributed by atoms with Crippen molar-refractivity contribution < 1.29 is 4.79 Å². The smallest absolute Gasteiger partial charge is 0.251 e. The number of carbonyl (C=O) groups excluding carboxylic acids is 1. The normalized spacial score (nSPS) is 12.1. The Hall–Kier alpha value is -1.43. The predicted molar refractivity (Wildman–Crippen MR) is 63.1 cm³/mol. The number of benzene rings is 1. The average molecular weight is 222 g/mol. The van der Waals surface area contributed by atoms with Crippen molar-refractivity contribution in [3.05, 3.63) is 35.9 Å².